The van der Waals surface area contributed by atoms with Gasteiger partial charge in [-0.05, 0) is 23.8 Å². The number of thiophene rings is 1. The van der Waals surface area contributed by atoms with Crippen LogP contribution in [0.15, 0.2) is 11.4 Å². The van der Waals surface area contributed by atoms with E-state index in [1.165, 1.54) is 25.7 Å². The number of aliphatic hydroxyl groups is 1. The van der Waals surface area contributed by atoms with Gasteiger partial charge in [-0.3, -0.25) is 0 Å². The van der Waals surface area contributed by atoms with Gasteiger partial charge in [0.25, 0.3) is 0 Å². The molecule has 1 N–H and O–H groups in total. The van der Waals surface area contributed by atoms with Crippen LogP contribution in [0.2, 0.25) is 0 Å². The Hall–Kier alpha value is -0.820. The molecule has 3 heteroatoms. The second kappa shape index (κ2) is 10.0. The summed E-state index contributed by atoms with van der Waals surface area (Å²) in [5.41, 5.74) is 0.987. The average Bonchev–Trinajstić information content (AvgIpc) is 2.87. The van der Waals surface area contributed by atoms with Crippen molar-refractivity contribution in [2.24, 2.45) is 5.92 Å². The Balaban J connectivity index is 2.37. The Morgan fingerprint density at radius 2 is 2.26 bits per heavy atom. The highest BCUT2D eigenvalue weighted by molar-refractivity contribution is 7.10. The van der Waals surface area contributed by atoms with Crippen molar-refractivity contribution in [1.82, 2.24) is 0 Å². The van der Waals surface area contributed by atoms with E-state index in [2.05, 4.69) is 25.7 Å². The lowest BCUT2D eigenvalue weighted by Gasteiger charge is -2.14. The first-order chi connectivity index (χ1) is 9.31. The molecular weight excluding hydrogens is 256 g/mol. The van der Waals surface area contributed by atoms with Crippen molar-refractivity contribution in [3.63, 3.8) is 0 Å². The number of aliphatic hydroxyl groups excluding tert-OH is 1. The second-order valence-electron chi connectivity index (χ2n) is 4.65. The highest BCUT2D eigenvalue weighted by atomic mass is 32.1. The number of rotatable bonds is 8. The molecule has 106 valence electrons. The summed E-state index contributed by atoms with van der Waals surface area (Å²) in [6.07, 6.45) is 4.98. The van der Waals surface area contributed by atoms with Crippen LogP contribution in [0.3, 0.4) is 0 Å². The summed E-state index contributed by atoms with van der Waals surface area (Å²) in [6.45, 7) is 5.83. The van der Waals surface area contributed by atoms with E-state index in [0.717, 1.165) is 17.0 Å². The van der Waals surface area contributed by atoms with Crippen molar-refractivity contribution in [3.05, 3.63) is 21.9 Å². The van der Waals surface area contributed by atoms with Crippen molar-refractivity contribution in [2.75, 3.05) is 13.2 Å². The van der Waals surface area contributed by atoms with Gasteiger partial charge in [0.05, 0.1) is 6.61 Å². The van der Waals surface area contributed by atoms with Crippen molar-refractivity contribution < 1.29 is 9.84 Å². The summed E-state index contributed by atoms with van der Waals surface area (Å²) >= 11 is 1.67. The van der Waals surface area contributed by atoms with Crippen molar-refractivity contribution in [2.45, 2.75) is 46.1 Å². The van der Waals surface area contributed by atoms with Gasteiger partial charge in [-0.2, -0.15) is 0 Å². The molecule has 0 amide bonds. The van der Waals surface area contributed by atoms with Gasteiger partial charge in [0.15, 0.2) is 0 Å². The maximum Gasteiger partial charge on any atom is 0.104 e. The van der Waals surface area contributed by atoms with Crippen LogP contribution < -0.4 is 0 Å². The molecular formula is C16H24O2S. The van der Waals surface area contributed by atoms with E-state index >= 15 is 0 Å². The summed E-state index contributed by atoms with van der Waals surface area (Å²) in [5, 5.41) is 10.7. The monoisotopic (exact) mass is 280 g/mol. The number of hydrogen-bond donors (Lipinski definition) is 1. The van der Waals surface area contributed by atoms with E-state index in [4.69, 9.17) is 9.84 Å². The zero-order chi connectivity index (χ0) is 13.9. The van der Waals surface area contributed by atoms with E-state index in [9.17, 15) is 0 Å². The molecule has 1 rings (SSSR count). The van der Waals surface area contributed by atoms with Gasteiger partial charge in [-0.15, -0.1) is 11.3 Å². The predicted octanol–water partition coefficient (Wildman–Crippen LogP) is 3.82. The van der Waals surface area contributed by atoms with E-state index < -0.39 is 0 Å². The summed E-state index contributed by atoms with van der Waals surface area (Å²) < 4.78 is 5.83. The summed E-state index contributed by atoms with van der Waals surface area (Å²) in [6, 6.07) is 1.99. The lowest BCUT2D eigenvalue weighted by molar-refractivity contribution is 0.0835. The SMILES string of the molecule is CCCCC(CC)COCc1sccc1C#CCO. The van der Waals surface area contributed by atoms with Crippen molar-refractivity contribution in [3.8, 4) is 11.8 Å². The topological polar surface area (TPSA) is 29.5 Å². The summed E-state index contributed by atoms with van der Waals surface area (Å²) in [7, 11) is 0. The molecule has 0 aliphatic rings. The highest BCUT2D eigenvalue weighted by Crippen LogP contribution is 2.19. The van der Waals surface area contributed by atoms with Crippen LogP contribution in [0.1, 0.15) is 50.0 Å². The Kier molecular flexibility index (Phi) is 8.57. The Bertz CT molecular complexity index is 400. The van der Waals surface area contributed by atoms with Crippen LogP contribution in [-0.4, -0.2) is 18.3 Å². The minimum Gasteiger partial charge on any atom is -0.384 e. The molecule has 1 aromatic heterocycles. The van der Waals surface area contributed by atoms with Gasteiger partial charge in [-0.25, -0.2) is 0 Å². The summed E-state index contributed by atoms with van der Waals surface area (Å²) in [4.78, 5) is 1.16. The molecule has 1 aromatic rings. The first-order valence-corrected chi connectivity index (χ1v) is 7.93. The van der Waals surface area contributed by atoms with E-state index in [-0.39, 0.29) is 6.61 Å². The molecule has 0 fully saturated rings. The highest BCUT2D eigenvalue weighted by Gasteiger charge is 2.07. The van der Waals surface area contributed by atoms with Crippen LogP contribution >= 0.6 is 11.3 Å². The van der Waals surface area contributed by atoms with Crippen LogP contribution in [-0.2, 0) is 11.3 Å². The molecule has 0 aliphatic heterocycles. The molecule has 1 atom stereocenters. The fourth-order valence-electron chi connectivity index (χ4n) is 1.91. The first kappa shape index (κ1) is 16.2. The zero-order valence-corrected chi connectivity index (χ0v) is 12.8. The molecule has 19 heavy (non-hydrogen) atoms. The smallest absolute Gasteiger partial charge is 0.104 e. The molecule has 0 saturated carbocycles. The average molecular weight is 280 g/mol. The minimum absolute atomic E-state index is 0.0922. The number of hydrogen-bond acceptors (Lipinski definition) is 3. The van der Waals surface area contributed by atoms with E-state index in [1.54, 1.807) is 11.3 Å². The van der Waals surface area contributed by atoms with Gasteiger partial charge in [0.2, 0.25) is 0 Å². The van der Waals surface area contributed by atoms with Gasteiger partial charge in [0, 0.05) is 17.0 Å². The van der Waals surface area contributed by atoms with Crippen molar-refractivity contribution in [1.29, 1.82) is 0 Å². The third-order valence-corrected chi connectivity index (χ3v) is 4.07. The van der Waals surface area contributed by atoms with Crippen LogP contribution in [0.5, 0.6) is 0 Å². The third kappa shape index (κ3) is 6.24. The number of ether oxygens (including phenoxy) is 1. The maximum absolute atomic E-state index is 8.72. The molecule has 0 saturated heterocycles. The second-order valence-corrected chi connectivity index (χ2v) is 5.65. The maximum atomic E-state index is 8.72. The Labute approximate surface area is 120 Å². The molecule has 0 aromatic carbocycles. The molecule has 0 radical (unpaired) electrons. The van der Waals surface area contributed by atoms with Gasteiger partial charge < -0.3 is 9.84 Å². The molecule has 0 spiro atoms. The molecule has 1 unspecified atom stereocenters. The first-order valence-electron chi connectivity index (χ1n) is 7.05. The van der Waals surface area contributed by atoms with Gasteiger partial charge in [0.1, 0.15) is 6.61 Å². The van der Waals surface area contributed by atoms with Crippen LogP contribution in [0.25, 0.3) is 0 Å². The van der Waals surface area contributed by atoms with E-state index in [0.29, 0.717) is 12.5 Å². The molecule has 0 aliphatic carbocycles. The standard InChI is InChI=1S/C16H24O2S/c1-3-5-7-14(4-2)12-18-13-16-15(8-6-10-17)9-11-19-16/h9,11,14,17H,3-5,7,10,12-13H2,1-2H3. The largest absolute Gasteiger partial charge is 0.384 e. The Morgan fingerprint density at radius 3 is 2.95 bits per heavy atom. The normalized spacial score (nSPS) is 11.9. The molecule has 0 bridgehead atoms. The lowest BCUT2D eigenvalue weighted by Crippen LogP contribution is -2.08. The number of unbranched alkanes of at least 4 members (excludes halogenated alkanes) is 1. The van der Waals surface area contributed by atoms with Crippen LogP contribution in [0, 0.1) is 17.8 Å². The van der Waals surface area contributed by atoms with Gasteiger partial charge >= 0.3 is 0 Å². The molecule has 2 nitrogen and oxygen atoms in total. The predicted molar refractivity (Wildman–Crippen MR) is 81.2 cm³/mol. The zero-order valence-electron chi connectivity index (χ0n) is 11.9. The summed E-state index contributed by atoms with van der Waals surface area (Å²) in [5.74, 6) is 6.32. The molecule has 1 heterocycles. The van der Waals surface area contributed by atoms with Crippen molar-refractivity contribution >= 4 is 11.3 Å². The fraction of sp³-hybridized carbons (Fsp3) is 0.625. The van der Waals surface area contributed by atoms with Crippen LogP contribution in [0.4, 0.5) is 0 Å². The quantitative estimate of drug-likeness (QED) is 0.733. The lowest BCUT2D eigenvalue weighted by atomic mass is 10.0. The Morgan fingerprint density at radius 1 is 1.42 bits per heavy atom. The minimum atomic E-state index is -0.0922. The van der Waals surface area contributed by atoms with E-state index in [1.807, 2.05) is 11.4 Å². The third-order valence-electron chi connectivity index (χ3n) is 3.18. The van der Waals surface area contributed by atoms with Gasteiger partial charge in [-0.1, -0.05) is 45.0 Å². The fourth-order valence-corrected chi connectivity index (χ4v) is 2.68.